The molecule has 0 aliphatic carbocycles. The summed E-state index contributed by atoms with van der Waals surface area (Å²) in [5.74, 6) is -2.12. The van der Waals surface area contributed by atoms with Gasteiger partial charge >= 0.3 is 5.97 Å². The normalized spacial score (nSPS) is 13.0. The molecule has 35 heavy (non-hydrogen) atoms. The Labute approximate surface area is 208 Å². The minimum atomic E-state index is -1.06. The number of hydrogen-bond acceptors (Lipinski definition) is 4. The van der Waals surface area contributed by atoms with Crippen molar-refractivity contribution >= 4 is 23.2 Å². The summed E-state index contributed by atoms with van der Waals surface area (Å²) in [4.78, 5) is 38.6. The van der Waals surface area contributed by atoms with Gasteiger partial charge in [0.2, 0.25) is 5.91 Å². The van der Waals surface area contributed by atoms with Crippen molar-refractivity contribution in [3.8, 4) is 10.4 Å². The Kier molecular flexibility index (Phi) is 8.27. The van der Waals surface area contributed by atoms with Crippen LogP contribution in [0.4, 0.5) is 4.39 Å². The highest BCUT2D eigenvalue weighted by atomic mass is 32.1. The monoisotopic (exact) mass is 498 g/mol. The lowest BCUT2D eigenvalue weighted by Crippen LogP contribution is -2.40. The van der Waals surface area contributed by atoms with E-state index in [1.807, 2.05) is 57.3 Å². The number of rotatable bonds is 9. The van der Waals surface area contributed by atoms with E-state index in [4.69, 9.17) is 0 Å². The molecule has 2 heterocycles. The highest BCUT2D eigenvalue weighted by Crippen LogP contribution is 2.35. The molecule has 0 bridgehead atoms. The summed E-state index contributed by atoms with van der Waals surface area (Å²) in [6.45, 7) is 9.34. The fourth-order valence-corrected chi connectivity index (χ4v) is 5.36. The molecule has 0 aliphatic heterocycles. The molecular weight excluding hydrogens is 467 g/mol. The number of carboxylic acid groups (broad SMARTS) is 1. The van der Waals surface area contributed by atoms with Gasteiger partial charge < -0.3 is 15.0 Å². The molecule has 2 N–H and O–H groups in total. The molecule has 6 nitrogen and oxygen atoms in total. The maximum Gasteiger partial charge on any atom is 0.305 e. The lowest BCUT2D eigenvalue weighted by atomic mass is 9.99. The second kappa shape index (κ2) is 11.0. The van der Waals surface area contributed by atoms with Gasteiger partial charge in [-0.05, 0) is 72.4 Å². The maximum atomic E-state index is 14.3. The van der Waals surface area contributed by atoms with Crippen molar-refractivity contribution in [2.45, 2.75) is 59.5 Å². The molecule has 0 spiro atoms. The van der Waals surface area contributed by atoms with Gasteiger partial charge in [-0.3, -0.25) is 14.4 Å². The van der Waals surface area contributed by atoms with E-state index in [1.54, 1.807) is 0 Å². The molecule has 186 valence electrons. The van der Waals surface area contributed by atoms with Gasteiger partial charge in [-0.2, -0.15) is 0 Å². The van der Waals surface area contributed by atoms with E-state index in [0.717, 1.165) is 32.3 Å². The van der Waals surface area contributed by atoms with Crippen LogP contribution >= 0.6 is 11.3 Å². The molecule has 0 unspecified atom stereocenters. The van der Waals surface area contributed by atoms with Crippen LogP contribution in [-0.2, 0) is 9.59 Å². The molecule has 2 atom stereocenters. The highest BCUT2D eigenvalue weighted by Gasteiger charge is 2.28. The van der Waals surface area contributed by atoms with E-state index in [0.29, 0.717) is 12.0 Å². The second-order valence-electron chi connectivity index (χ2n) is 9.37. The molecule has 0 fully saturated rings. The number of carboxylic acids is 1. The van der Waals surface area contributed by atoms with E-state index >= 15 is 0 Å². The minimum absolute atomic E-state index is 0.0386. The van der Waals surface area contributed by atoms with E-state index < -0.39 is 35.3 Å². The van der Waals surface area contributed by atoms with Crippen molar-refractivity contribution in [2.75, 3.05) is 0 Å². The van der Waals surface area contributed by atoms with Crippen LogP contribution in [0, 0.1) is 32.5 Å². The average Bonchev–Trinajstić information content (AvgIpc) is 3.23. The number of carbonyl (C=O) groups is 2. The Morgan fingerprint density at radius 1 is 1.11 bits per heavy atom. The number of aryl methyl sites for hydroxylation is 3. The van der Waals surface area contributed by atoms with Crippen LogP contribution in [0.2, 0.25) is 0 Å². The van der Waals surface area contributed by atoms with Gasteiger partial charge in [-0.1, -0.05) is 32.0 Å². The summed E-state index contributed by atoms with van der Waals surface area (Å²) < 4.78 is 15.4. The minimum Gasteiger partial charge on any atom is -0.481 e. The first-order chi connectivity index (χ1) is 16.5. The quantitative estimate of drug-likeness (QED) is 0.404. The van der Waals surface area contributed by atoms with Crippen molar-refractivity contribution in [2.24, 2.45) is 5.92 Å². The van der Waals surface area contributed by atoms with E-state index in [-0.39, 0.29) is 17.9 Å². The number of halogens is 1. The predicted octanol–water partition coefficient (Wildman–Crippen LogP) is 5.56. The van der Waals surface area contributed by atoms with Crippen LogP contribution in [0.1, 0.15) is 61.0 Å². The third-order valence-electron chi connectivity index (χ3n) is 6.00. The van der Waals surface area contributed by atoms with E-state index in [9.17, 15) is 23.9 Å². The standard InChI is InChI=1S/C27H31FN2O4S/c1-15(2)9-22(30-13-20(28)18(5)10-24(30)31)27(34)29-21(12-25(32)33)19-11-23(35-14-19)26-16(3)7-6-8-17(26)4/h6-8,10-11,13-15,21-22H,9,12H2,1-5H3,(H,29,34)(H,32,33)/t21-,22-/m0/s1. The molecule has 2 aromatic heterocycles. The van der Waals surface area contributed by atoms with Gasteiger partial charge in [0.05, 0.1) is 12.5 Å². The second-order valence-corrected chi connectivity index (χ2v) is 10.3. The lowest BCUT2D eigenvalue weighted by molar-refractivity contribution is -0.138. The Hall–Kier alpha value is -3.26. The first-order valence-corrected chi connectivity index (χ1v) is 12.4. The van der Waals surface area contributed by atoms with E-state index in [1.165, 1.54) is 24.3 Å². The van der Waals surface area contributed by atoms with E-state index in [2.05, 4.69) is 5.32 Å². The van der Waals surface area contributed by atoms with Gasteiger partial charge in [-0.25, -0.2) is 4.39 Å². The van der Waals surface area contributed by atoms with Crippen LogP contribution in [0.3, 0.4) is 0 Å². The Morgan fingerprint density at radius 3 is 2.37 bits per heavy atom. The predicted molar refractivity (Wildman–Crippen MR) is 136 cm³/mol. The van der Waals surface area contributed by atoms with Crippen molar-refractivity contribution < 1.29 is 19.1 Å². The fraction of sp³-hybridized carbons (Fsp3) is 0.370. The zero-order valence-electron chi connectivity index (χ0n) is 20.6. The van der Waals surface area contributed by atoms with Crippen LogP contribution in [0.5, 0.6) is 0 Å². The molecule has 3 rings (SSSR count). The summed E-state index contributed by atoms with van der Waals surface area (Å²) in [6, 6.07) is 7.34. The molecule has 1 amide bonds. The summed E-state index contributed by atoms with van der Waals surface area (Å²) in [5, 5.41) is 14.2. The number of hydrogen-bond donors (Lipinski definition) is 2. The van der Waals surface area contributed by atoms with Gasteiger partial charge in [0.15, 0.2) is 0 Å². The Bertz CT molecular complexity index is 1270. The van der Waals surface area contributed by atoms with Crippen molar-refractivity contribution in [3.63, 3.8) is 0 Å². The summed E-state index contributed by atoms with van der Waals surface area (Å²) in [7, 11) is 0. The largest absolute Gasteiger partial charge is 0.481 e. The third-order valence-corrected chi connectivity index (χ3v) is 6.97. The SMILES string of the molecule is Cc1cc(=O)n([C@@H](CC(C)C)C(=O)N[C@@H](CC(=O)O)c2csc(-c3c(C)cccc3C)c2)cc1F. The summed E-state index contributed by atoms with van der Waals surface area (Å²) >= 11 is 1.49. The number of benzene rings is 1. The van der Waals surface area contributed by atoms with Crippen molar-refractivity contribution in [1.29, 1.82) is 0 Å². The lowest BCUT2D eigenvalue weighted by Gasteiger charge is -2.24. The molecule has 0 saturated carbocycles. The number of aliphatic carboxylic acids is 1. The topological polar surface area (TPSA) is 88.4 Å². The summed E-state index contributed by atoms with van der Waals surface area (Å²) in [5.41, 5.74) is 3.70. The van der Waals surface area contributed by atoms with Crippen LogP contribution in [0.25, 0.3) is 10.4 Å². The third kappa shape index (κ3) is 6.25. The number of pyridine rings is 1. The molecule has 0 radical (unpaired) electrons. The molecule has 1 aromatic carbocycles. The zero-order chi connectivity index (χ0) is 25.9. The molecular formula is C27H31FN2O4S. The number of nitrogens with one attached hydrogen (secondary N) is 1. The highest BCUT2D eigenvalue weighted by molar-refractivity contribution is 7.13. The maximum absolute atomic E-state index is 14.3. The van der Waals surface area contributed by atoms with Gasteiger partial charge in [0.25, 0.3) is 5.56 Å². The Morgan fingerprint density at radius 2 is 1.77 bits per heavy atom. The number of amides is 1. The summed E-state index contributed by atoms with van der Waals surface area (Å²) in [6.07, 6.45) is 1.03. The van der Waals surface area contributed by atoms with Gasteiger partial charge in [0, 0.05) is 17.1 Å². The molecule has 8 heteroatoms. The van der Waals surface area contributed by atoms with Crippen molar-refractivity contribution in [3.05, 3.63) is 80.3 Å². The number of carbonyl (C=O) groups excluding carboxylic acids is 1. The number of aromatic nitrogens is 1. The van der Waals surface area contributed by atoms with Gasteiger partial charge in [0.1, 0.15) is 11.9 Å². The van der Waals surface area contributed by atoms with Crippen molar-refractivity contribution in [1.82, 2.24) is 9.88 Å². The average molecular weight is 499 g/mol. The first-order valence-electron chi connectivity index (χ1n) is 11.5. The molecule has 0 aliphatic rings. The van der Waals surface area contributed by atoms with Crippen LogP contribution in [0.15, 0.2) is 46.7 Å². The Balaban J connectivity index is 1.96. The molecule has 3 aromatic rings. The number of nitrogens with zero attached hydrogens (tertiary/aromatic N) is 1. The smallest absolute Gasteiger partial charge is 0.305 e. The first kappa shape index (κ1) is 26.3. The van der Waals surface area contributed by atoms with Crippen LogP contribution in [-0.4, -0.2) is 21.6 Å². The van der Waals surface area contributed by atoms with Crippen LogP contribution < -0.4 is 10.9 Å². The van der Waals surface area contributed by atoms with Gasteiger partial charge in [-0.15, -0.1) is 11.3 Å². The zero-order valence-corrected chi connectivity index (χ0v) is 21.4. The number of thiophene rings is 1. The fourth-order valence-electron chi connectivity index (χ4n) is 4.22. The molecule has 0 saturated heterocycles.